The highest BCUT2D eigenvalue weighted by molar-refractivity contribution is 5.22. The van der Waals surface area contributed by atoms with Crippen LogP contribution in [0.5, 0.6) is 0 Å². The summed E-state index contributed by atoms with van der Waals surface area (Å²) in [6, 6.07) is 9.97. The zero-order valence-corrected chi connectivity index (χ0v) is 12.7. The average Bonchev–Trinajstić information content (AvgIpc) is 2.94. The summed E-state index contributed by atoms with van der Waals surface area (Å²) >= 11 is 0. The first-order valence-corrected chi connectivity index (χ1v) is 7.49. The lowest BCUT2D eigenvalue weighted by Gasteiger charge is -2.13. The number of hydrogen-bond donors (Lipinski definition) is 1. The summed E-state index contributed by atoms with van der Waals surface area (Å²) < 4.78 is 11.1. The van der Waals surface area contributed by atoms with Gasteiger partial charge in [-0.05, 0) is 18.9 Å². The Balaban J connectivity index is 2.13. The third kappa shape index (κ3) is 4.37. The van der Waals surface area contributed by atoms with Crippen LogP contribution in [-0.2, 0) is 11.2 Å². The number of aromatic nitrogens is 2. The summed E-state index contributed by atoms with van der Waals surface area (Å²) in [6.45, 7) is 4.65. The second kappa shape index (κ2) is 7.90. The maximum absolute atomic E-state index is 6.01. The molecule has 1 heterocycles. The van der Waals surface area contributed by atoms with Crippen LogP contribution in [0.4, 0.5) is 0 Å². The number of nitrogens with two attached hydrogens (primary N) is 1. The minimum Gasteiger partial charge on any atom is -0.366 e. The third-order valence-electron chi connectivity index (χ3n) is 3.25. The van der Waals surface area contributed by atoms with Crippen molar-refractivity contribution in [2.24, 2.45) is 5.73 Å². The van der Waals surface area contributed by atoms with Gasteiger partial charge in [-0.1, -0.05) is 48.8 Å². The van der Waals surface area contributed by atoms with E-state index in [-0.39, 0.29) is 12.1 Å². The van der Waals surface area contributed by atoms with Gasteiger partial charge >= 0.3 is 0 Å². The second-order valence-corrected chi connectivity index (χ2v) is 5.05. The van der Waals surface area contributed by atoms with Crippen LogP contribution in [0.15, 0.2) is 34.9 Å². The molecule has 5 heteroatoms. The molecule has 0 aliphatic rings. The Labute approximate surface area is 125 Å². The van der Waals surface area contributed by atoms with Crippen LogP contribution in [0.3, 0.4) is 0 Å². The number of hydrogen-bond acceptors (Lipinski definition) is 5. The SMILES string of the molecule is CCCC(N)Cc1nc(C(OCC)c2ccccc2)no1. The maximum Gasteiger partial charge on any atom is 0.228 e. The molecule has 2 N–H and O–H groups in total. The van der Waals surface area contributed by atoms with E-state index in [2.05, 4.69) is 17.1 Å². The summed E-state index contributed by atoms with van der Waals surface area (Å²) in [4.78, 5) is 4.45. The van der Waals surface area contributed by atoms with Gasteiger partial charge in [0.25, 0.3) is 0 Å². The summed E-state index contributed by atoms with van der Waals surface area (Å²) in [5.74, 6) is 1.13. The molecule has 0 amide bonds. The van der Waals surface area contributed by atoms with Crippen molar-refractivity contribution < 1.29 is 9.26 Å². The predicted octanol–water partition coefficient (Wildman–Crippen LogP) is 2.87. The fourth-order valence-corrected chi connectivity index (χ4v) is 2.27. The number of benzene rings is 1. The van der Waals surface area contributed by atoms with Crippen molar-refractivity contribution in [3.05, 3.63) is 47.6 Å². The minimum atomic E-state index is -0.295. The highest BCUT2D eigenvalue weighted by Crippen LogP contribution is 2.23. The minimum absolute atomic E-state index is 0.0607. The Morgan fingerprint density at radius 2 is 2.00 bits per heavy atom. The quantitative estimate of drug-likeness (QED) is 0.808. The van der Waals surface area contributed by atoms with Gasteiger partial charge in [-0.2, -0.15) is 4.98 Å². The Bertz CT molecular complexity index is 527. The van der Waals surface area contributed by atoms with E-state index in [0.717, 1.165) is 18.4 Å². The molecule has 0 fully saturated rings. The van der Waals surface area contributed by atoms with Crippen LogP contribution in [0.1, 0.15) is 50.1 Å². The molecule has 2 atom stereocenters. The number of nitrogens with zero attached hydrogens (tertiary/aromatic N) is 2. The average molecular weight is 289 g/mol. The first-order chi connectivity index (χ1) is 10.2. The highest BCUT2D eigenvalue weighted by Gasteiger charge is 2.21. The van der Waals surface area contributed by atoms with Crippen molar-refractivity contribution in [2.45, 2.75) is 45.3 Å². The van der Waals surface area contributed by atoms with E-state index in [1.807, 2.05) is 37.3 Å². The number of ether oxygens (including phenoxy) is 1. The van der Waals surface area contributed by atoms with Crippen molar-refractivity contribution in [3.8, 4) is 0 Å². The monoisotopic (exact) mass is 289 g/mol. The molecule has 2 aromatic rings. The fraction of sp³-hybridized carbons (Fsp3) is 0.500. The Morgan fingerprint density at radius 1 is 1.24 bits per heavy atom. The van der Waals surface area contributed by atoms with E-state index in [4.69, 9.17) is 15.0 Å². The smallest absolute Gasteiger partial charge is 0.228 e. The van der Waals surface area contributed by atoms with Crippen LogP contribution in [0.2, 0.25) is 0 Å². The molecule has 0 spiro atoms. The van der Waals surface area contributed by atoms with Crippen molar-refractivity contribution in [1.82, 2.24) is 10.1 Å². The van der Waals surface area contributed by atoms with E-state index in [1.54, 1.807) is 0 Å². The van der Waals surface area contributed by atoms with E-state index in [1.165, 1.54) is 0 Å². The Morgan fingerprint density at radius 3 is 2.67 bits per heavy atom. The second-order valence-electron chi connectivity index (χ2n) is 5.05. The molecule has 0 aliphatic heterocycles. The molecule has 1 aromatic heterocycles. The molecule has 0 radical (unpaired) electrons. The zero-order chi connectivity index (χ0) is 15.1. The van der Waals surface area contributed by atoms with Crippen molar-refractivity contribution in [1.29, 1.82) is 0 Å². The van der Waals surface area contributed by atoms with Gasteiger partial charge < -0.3 is 15.0 Å². The van der Waals surface area contributed by atoms with Crippen molar-refractivity contribution in [3.63, 3.8) is 0 Å². The molecular formula is C16H23N3O2. The largest absolute Gasteiger partial charge is 0.366 e. The van der Waals surface area contributed by atoms with E-state index >= 15 is 0 Å². The van der Waals surface area contributed by atoms with E-state index < -0.39 is 0 Å². The molecule has 21 heavy (non-hydrogen) atoms. The molecular weight excluding hydrogens is 266 g/mol. The van der Waals surface area contributed by atoms with Crippen molar-refractivity contribution >= 4 is 0 Å². The van der Waals surface area contributed by atoms with Crippen LogP contribution < -0.4 is 5.73 Å². The van der Waals surface area contributed by atoms with Gasteiger partial charge in [0.15, 0.2) is 0 Å². The van der Waals surface area contributed by atoms with Crippen LogP contribution >= 0.6 is 0 Å². The molecule has 0 saturated carbocycles. The third-order valence-corrected chi connectivity index (χ3v) is 3.25. The Kier molecular flexibility index (Phi) is 5.90. The highest BCUT2D eigenvalue weighted by atomic mass is 16.5. The molecule has 5 nitrogen and oxygen atoms in total. The standard InChI is InChI=1S/C16H23N3O2/c1-3-8-13(17)11-14-18-16(19-21-14)15(20-4-2)12-9-6-5-7-10-12/h5-7,9-10,13,15H,3-4,8,11,17H2,1-2H3. The van der Waals surface area contributed by atoms with Gasteiger partial charge in [0, 0.05) is 19.1 Å². The van der Waals surface area contributed by atoms with E-state index in [0.29, 0.717) is 24.7 Å². The van der Waals surface area contributed by atoms with Crippen molar-refractivity contribution in [2.75, 3.05) is 6.61 Å². The first-order valence-electron chi connectivity index (χ1n) is 7.49. The van der Waals surface area contributed by atoms with Crippen LogP contribution in [-0.4, -0.2) is 22.8 Å². The topological polar surface area (TPSA) is 74.2 Å². The van der Waals surface area contributed by atoms with Gasteiger partial charge in [-0.15, -0.1) is 0 Å². The first kappa shape index (κ1) is 15.7. The molecule has 0 saturated heterocycles. The summed E-state index contributed by atoms with van der Waals surface area (Å²) in [5.41, 5.74) is 7.03. The lowest BCUT2D eigenvalue weighted by atomic mass is 10.1. The fourth-order valence-electron chi connectivity index (χ4n) is 2.27. The number of rotatable bonds is 8. The normalized spacial score (nSPS) is 14.0. The van der Waals surface area contributed by atoms with Gasteiger partial charge in [0.05, 0.1) is 0 Å². The van der Waals surface area contributed by atoms with Gasteiger partial charge in [0.1, 0.15) is 6.10 Å². The van der Waals surface area contributed by atoms with E-state index in [9.17, 15) is 0 Å². The lowest BCUT2D eigenvalue weighted by Crippen LogP contribution is -2.22. The van der Waals surface area contributed by atoms with Gasteiger partial charge in [0.2, 0.25) is 11.7 Å². The van der Waals surface area contributed by atoms with Gasteiger partial charge in [-0.3, -0.25) is 0 Å². The molecule has 2 unspecified atom stereocenters. The summed E-state index contributed by atoms with van der Waals surface area (Å²) in [6.07, 6.45) is 2.31. The van der Waals surface area contributed by atoms with Crippen LogP contribution in [0, 0.1) is 0 Å². The zero-order valence-electron chi connectivity index (χ0n) is 12.7. The summed E-state index contributed by atoms with van der Waals surface area (Å²) in [7, 11) is 0. The maximum atomic E-state index is 6.01. The molecule has 2 rings (SSSR count). The predicted molar refractivity (Wildman–Crippen MR) is 80.8 cm³/mol. The molecule has 1 aromatic carbocycles. The Hall–Kier alpha value is -1.72. The molecule has 114 valence electrons. The lowest BCUT2D eigenvalue weighted by molar-refractivity contribution is 0.0833. The summed E-state index contributed by atoms with van der Waals surface area (Å²) in [5, 5.41) is 4.06. The van der Waals surface area contributed by atoms with Gasteiger partial charge in [-0.25, -0.2) is 0 Å². The molecule has 0 aliphatic carbocycles. The van der Waals surface area contributed by atoms with Crippen LogP contribution in [0.25, 0.3) is 0 Å². The molecule has 0 bridgehead atoms.